The zero-order valence-electron chi connectivity index (χ0n) is 12.8. The van der Waals surface area contributed by atoms with Crippen LogP contribution in [0.15, 0.2) is 29.1 Å². The van der Waals surface area contributed by atoms with Crippen LogP contribution in [0.25, 0.3) is 11.0 Å². The van der Waals surface area contributed by atoms with Crippen molar-refractivity contribution in [2.45, 2.75) is 32.2 Å². The molecule has 2 atom stereocenters. The molecule has 1 N–H and O–H groups in total. The van der Waals surface area contributed by atoms with E-state index in [1.54, 1.807) is 0 Å². The summed E-state index contributed by atoms with van der Waals surface area (Å²) in [6.07, 6.45) is 2.75. The molecule has 1 saturated heterocycles. The lowest BCUT2D eigenvalue weighted by Crippen LogP contribution is -2.41. The Hall–Kier alpha value is -2.04. The molecule has 116 valence electrons. The molecule has 5 nitrogen and oxygen atoms in total. The number of nitrogens with one attached hydrogen (secondary N) is 1. The van der Waals surface area contributed by atoms with E-state index in [9.17, 15) is 9.59 Å². The van der Waals surface area contributed by atoms with Crippen molar-refractivity contribution in [3.05, 3.63) is 34.7 Å². The zero-order valence-corrected chi connectivity index (χ0v) is 12.8. The van der Waals surface area contributed by atoms with Gasteiger partial charge < -0.3 is 9.88 Å². The van der Waals surface area contributed by atoms with Gasteiger partial charge >= 0.3 is 5.69 Å². The summed E-state index contributed by atoms with van der Waals surface area (Å²) in [6.45, 7) is 3.66. The Balaban J connectivity index is 1.52. The summed E-state index contributed by atoms with van der Waals surface area (Å²) < 4.78 is 1.87. The number of carbonyl (C=O) groups excluding carboxylic acids is 1. The standard InChI is InChI=1S/C17H21N3O2/c1-11-10-13(11)16(21)19-8-6-12(7-9-19)20-15-5-3-2-4-14(15)18-17(20)22/h2-5,11-13H,6-10H2,1H3,(H,18,22). The third-order valence-corrected chi connectivity index (χ3v) is 5.19. The largest absolute Gasteiger partial charge is 0.342 e. The maximum Gasteiger partial charge on any atom is 0.326 e. The third kappa shape index (κ3) is 2.16. The van der Waals surface area contributed by atoms with Crippen molar-refractivity contribution >= 4 is 16.9 Å². The first-order chi connectivity index (χ1) is 10.6. The van der Waals surface area contributed by atoms with Crippen LogP contribution in [0.2, 0.25) is 0 Å². The predicted molar refractivity (Wildman–Crippen MR) is 84.7 cm³/mol. The fourth-order valence-electron chi connectivity index (χ4n) is 3.68. The number of piperidine rings is 1. The maximum atomic E-state index is 12.3. The topological polar surface area (TPSA) is 58.1 Å². The number of benzene rings is 1. The first-order valence-electron chi connectivity index (χ1n) is 8.13. The van der Waals surface area contributed by atoms with Crippen molar-refractivity contribution in [1.82, 2.24) is 14.5 Å². The first-order valence-corrected chi connectivity index (χ1v) is 8.13. The number of nitrogens with zero attached hydrogens (tertiary/aromatic N) is 2. The smallest absolute Gasteiger partial charge is 0.326 e. The summed E-state index contributed by atoms with van der Waals surface area (Å²) in [5.41, 5.74) is 1.81. The number of carbonyl (C=O) groups is 1. The molecule has 0 spiro atoms. The second-order valence-electron chi connectivity index (χ2n) is 6.69. The number of amides is 1. The van der Waals surface area contributed by atoms with Gasteiger partial charge in [-0.1, -0.05) is 19.1 Å². The van der Waals surface area contributed by atoms with Crippen LogP contribution in [0, 0.1) is 11.8 Å². The van der Waals surface area contributed by atoms with E-state index in [2.05, 4.69) is 11.9 Å². The van der Waals surface area contributed by atoms with Crippen LogP contribution in [0.5, 0.6) is 0 Å². The van der Waals surface area contributed by atoms with Crippen LogP contribution in [-0.2, 0) is 4.79 Å². The summed E-state index contributed by atoms with van der Waals surface area (Å²) >= 11 is 0. The molecule has 1 aliphatic carbocycles. The van der Waals surface area contributed by atoms with E-state index in [0.717, 1.165) is 43.4 Å². The highest BCUT2D eigenvalue weighted by atomic mass is 16.2. The molecule has 4 rings (SSSR count). The van der Waals surface area contributed by atoms with Gasteiger partial charge in [0.1, 0.15) is 0 Å². The van der Waals surface area contributed by atoms with Crippen LogP contribution in [0.3, 0.4) is 0 Å². The molecule has 2 heterocycles. The molecule has 2 aliphatic rings. The van der Waals surface area contributed by atoms with Gasteiger partial charge in [0.05, 0.1) is 11.0 Å². The SMILES string of the molecule is CC1CC1C(=O)N1CCC(n2c(=O)[nH]c3ccccc32)CC1. The highest BCUT2D eigenvalue weighted by Crippen LogP contribution is 2.40. The maximum absolute atomic E-state index is 12.3. The van der Waals surface area contributed by atoms with Crippen LogP contribution in [0.4, 0.5) is 0 Å². The summed E-state index contributed by atoms with van der Waals surface area (Å²) in [5.74, 6) is 1.13. The van der Waals surface area contributed by atoms with Crippen molar-refractivity contribution in [2.75, 3.05) is 13.1 Å². The Morgan fingerprint density at radius 3 is 2.59 bits per heavy atom. The lowest BCUT2D eigenvalue weighted by Gasteiger charge is -2.32. The molecule has 1 amide bonds. The molecule has 0 bridgehead atoms. The predicted octanol–water partition coefficient (Wildman–Crippen LogP) is 2.15. The molecular formula is C17H21N3O2. The monoisotopic (exact) mass is 299 g/mol. The zero-order chi connectivity index (χ0) is 15.3. The number of rotatable bonds is 2. The first kappa shape index (κ1) is 13.6. The van der Waals surface area contributed by atoms with E-state index >= 15 is 0 Å². The molecular weight excluding hydrogens is 278 g/mol. The molecule has 2 aromatic rings. The molecule has 2 unspecified atom stereocenters. The average molecular weight is 299 g/mol. The Labute approximate surface area is 128 Å². The summed E-state index contributed by atoms with van der Waals surface area (Å²) in [7, 11) is 0. The van der Waals surface area contributed by atoms with Crippen LogP contribution in [0.1, 0.15) is 32.2 Å². The normalized spacial score (nSPS) is 25.6. The molecule has 1 aliphatic heterocycles. The van der Waals surface area contributed by atoms with E-state index in [-0.39, 0.29) is 17.6 Å². The van der Waals surface area contributed by atoms with Gasteiger partial charge in [-0.2, -0.15) is 0 Å². The highest BCUT2D eigenvalue weighted by Gasteiger charge is 2.42. The number of para-hydroxylation sites is 2. The number of H-pyrrole nitrogens is 1. The summed E-state index contributed by atoms with van der Waals surface area (Å²) in [5, 5.41) is 0. The van der Waals surface area contributed by atoms with Gasteiger partial charge in [-0.3, -0.25) is 9.36 Å². The molecule has 1 aromatic carbocycles. The van der Waals surface area contributed by atoms with Gasteiger partial charge in [0, 0.05) is 25.0 Å². The van der Waals surface area contributed by atoms with Crippen molar-refractivity contribution in [3.8, 4) is 0 Å². The number of aromatic amines is 1. The Morgan fingerprint density at radius 1 is 1.23 bits per heavy atom. The molecule has 1 saturated carbocycles. The van der Waals surface area contributed by atoms with Crippen LogP contribution < -0.4 is 5.69 Å². The fourth-order valence-corrected chi connectivity index (χ4v) is 3.68. The number of hydrogen-bond acceptors (Lipinski definition) is 2. The summed E-state index contributed by atoms with van der Waals surface area (Å²) in [6, 6.07) is 7.99. The number of fused-ring (bicyclic) bond motifs is 1. The van der Waals surface area contributed by atoms with Crippen molar-refractivity contribution in [3.63, 3.8) is 0 Å². The van der Waals surface area contributed by atoms with Crippen LogP contribution in [-0.4, -0.2) is 33.4 Å². The Kier molecular flexibility index (Phi) is 3.10. The molecule has 0 radical (unpaired) electrons. The fraction of sp³-hybridized carbons (Fsp3) is 0.529. The molecule has 1 aromatic heterocycles. The number of likely N-dealkylation sites (tertiary alicyclic amines) is 1. The van der Waals surface area contributed by atoms with Gasteiger partial charge in [0.25, 0.3) is 0 Å². The highest BCUT2D eigenvalue weighted by molar-refractivity contribution is 5.81. The minimum atomic E-state index is -0.0400. The van der Waals surface area contributed by atoms with Gasteiger partial charge in [-0.25, -0.2) is 4.79 Å². The Morgan fingerprint density at radius 2 is 1.91 bits per heavy atom. The Bertz CT molecular complexity index is 768. The van der Waals surface area contributed by atoms with E-state index in [1.807, 2.05) is 33.7 Å². The second kappa shape index (κ2) is 5.00. The van der Waals surface area contributed by atoms with Gasteiger partial charge in [-0.05, 0) is 37.3 Å². The van der Waals surface area contributed by atoms with Gasteiger partial charge in [-0.15, -0.1) is 0 Å². The minimum Gasteiger partial charge on any atom is -0.342 e. The lowest BCUT2D eigenvalue weighted by atomic mass is 10.0. The van der Waals surface area contributed by atoms with E-state index < -0.39 is 0 Å². The average Bonchev–Trinajstić information content (AvgIpc) is 3.16. The van der Waals surface area contributed by atoms with E-state index in [0.29, 0.717) is 11.8 Å². The molecule has 22 heavy (non-hydrogen) atoms. The van der Waals surface area contributed by atoms with E-state index in [1.165, 1.54) is 0 Å². The molecule has 2 fully saturated rings. The minimum absolute atomic E-state index is 0.0400. The summed E-state index contributed by atoms with van der Waals surface area (Å²) in [4.78, 5) is 29.4. The quantitative estimate of drug-likeness (QED) is 0.923. The number of imidazole rings is 1. The van der Waals surface area contributed by atoms with Crippen molar-refractivity contribution in [2.24, 2.45) is 11.8 Å². The third-order valence-electron chi connectivity index (χ3n) is 5.19. The van der Waals surface area contributed by atoms with Gasteiger partial charge in [0.15, 0.2) is 0 Å². The van der Waals surface area contributed by atoms with Crippen molar-refractivity contribution < 1.29 is 4.79 Å². The second-order valence-corrected chi connectivity index (χ2v) is 6.69. The molecule has 5 heteroatoms. The number of aromatic nitrogens is 2. The van der Waals surface area contributed by atoms with Crippen molar-refractivity contribution in [1.29, 1.82) is 0 Å². The van der Waals surface area contributed by atoms with E-state index in [4.69, 9.17) is 0 Å². The van der Waals surface area contributed by atoms with Crippen LogP contribution >= 0.6 is 0 Å². The lowest BCUT2D eigenvalue weighted by molar-refractivity contribution is -0.134. The van der Waals surface area contributed by atoms with Gasteiger partial charge in [0.2, 0.25) is 5.91 Å². The number of hydrogen-bond donors (Lipinski definition) is 1.